The Morgan fingerprint density at radius 2 is 2.07 bits per heavy atom. The Labute approximate surface area is 168 Å². The van der Waals surface area contributed by atoms with E-state index in [0.29, 0.717) is 12.6 Å². The van der Waals surface area contributed by atoms with Gasteiger partial charge in [-0.3, -0.25) is 4.99 Å². The third-order valence-electron chi connectivity index (χ3n) is 4.80. The van der Waals surface area contributed by atoms with Gasteiger partial charge >= 0.3 is 0 Å². The monoisotopic (exact) mass is 396 g/mol. The number of piperidine rings is 1. The van der Waals surface area contributed by atoms with Crippen molar-refractivity contribution in [2.75, 3.05) is 53.6 Å². The first-order valence-corrected chi connectivity index (χ1v) is 10.1. The molecule has 152 valence electrons. The molecule has 0 amide bonds. The van der Waals surface area contributed by atoms with Crippen LogP contribution in [-0.4, -0.2) is 70.5 Å². The van der Waals surface area contributed by atoms with Crippen LogP contribution in [0.25, 0.3) is 0 Å². The van der Waals surface area contributed by atoms with E-state index in [2.05, 4.69) is 22.5 Å². The number of nitrogens with zero attached hydrogens (tertiary/aromatic N) is 2. The SMILES string of the molecule is CCNC(=NCCc1ccc(OC)cc1Cl)NC1CCN(CCOC)CC1. The van der Waals surface area contributed by atoms with E-state index >= 15 is 0 Å². The first-order valence-electron chi connectivity index (χ1n) is 9.74. The summed E-state index contributed by atoms with van der Waals surface area (Å²) in [7, 11) is 3.40. The number of benzene rings is 1. The van der Waals surface area contributed by atoms with E-state index < -0.39 is 0 Å². The second kappa shape index (κ2) is 12.1. The highest BCUT2D eigenvalue weighted by Gasteiger charge is 2.19. The molecule has 1 fully saturated rings. The van der Waals surface area contributed by atoms with E-state index in [4.69, 9.17) is 26.1 Å². The molecule has 0 atom stereocenters. The van der Waals surface area contributed by atoms with E-state index in [9.17, 15) is 0 Å². The molecule has 0 aromatic heterocycles. The van der Waals surface area contributed by atoms with Crippen molar-refractivity contribution >= 4 is 17.6 Å². The van der Waals surface area contributed by atoms with E-state index in [1.54, 1.807) is 14.2 Å². The lowest BCUT2D eigenvalue weighted by molar-refractivity contribution is 0.128. The zero-order valence-electron chi connectivity index (χ0n) is 16.8. The average molecular weight is 397 g/mol. The average Bonchev–Trinajstić information content (AvgIpc) is 2.68. The Hall–Kier alpha value is -1.50. The molecule has 27 heavy (non-hydrogen) atoms. The van der Waals surface area contributed by atoms with Gasteiger partial charge in [-0.05, 0) is 43.9 Å². The number of methoxy groups -OCH3 is 2. The molecule has 1 heterocycles. The van der Waals surface area contributed by atoms with Crippen LogP contribution < -0.4 is 15.4 Å². The number of halogens is 1. The molecule has 2 N–H and O–H groups in total. The van der Waals surface area contributed by atoms with E-state index in [0.717, 1.165) is 74.3 Å². The van der Waals surface area contributed by atoms with Gasteiger partial charge in [0.15, 0.2) is 5.96 Å². The van der Waals surface area contributed by atoms with Gasteiger partial charge in [0.1, 0.15) is 5.75 Å². The number of guanidine groups is 1. The van der Waals surface area contributed by atoms with E-state index in [1.807, 2.05) is 18.2 Å². The molecule has 1 aliphatic rings. The number of hydrogen-bond acceptors (Lipinski definition) is 4. The van der Waals surface area contributed by atoms with Crippen LogP contribution in [0.2, 0.25) is 5.02 Å². The predicted octanol–water partition coefficient (Wildman–Crippen LogP) is 2.56. The van der Waals surface area contributed by atoms with Gasteiger partial charge in [0, 0.05) is 50.9 Å². The largest absolute Gasteiger partial charge is 0.497 e. The number of likely N-dealkylation sites (tertiary alicyclic amines) is 1. The van der Waals surface area contributed by atoms with Crippen molar-refractivity contribution in [3.63, 3.8) is 0 Å². The number of hydrogen-bond donors (Lipinski definition) is 2. The van der Waals surface area contributed by atoms with Gasteiger partial charge in [0.25, 0.3) is 0 Å². The predicted molar refractivity (Wildman–Crippen MR) is 112 cm³/mol. The molecule has 7 heteroatoms. The van der Waals surface area contributed by atoms with Crippen molar-refractivity contribution in [3.8, 4) is 5.75 Å². The third-order valence-corrected chi connectivity index (χ3v) is 5.15. The first kappa shape index (κ1) is 21.8. The number of rotatable bonds is 9. The number of ether oxygens (including phenoxy) is 2. The molecule has 1 aromatic carbocycles. The minimum absolute atomic E-state index is 0.464. The van der Waals surface area contributed by atoms with Crippen LogP contribution in [0.3, 0.4) is 0 Å². The molecular weight excluding hydrogens is 364 g/mol. The third kappa shape index (κ3) is 7.56. The molecule has 1 aromatic rings. The summed E-state index contributed by atoms with van der Waals surface area (Å²) in [6, 6.07) is 6.26. The zero-order valence-corrected chi connectivity index (χ0v) is 17.5. The maximum absolute atomic E-state index is 6.32. The highest BCUT2D eigenvalue weighted by molar-refractivity contribution is 6.31. The van der Waals surface area contributed by atoms with E-state index in [1.165, 1.54) is 0 Å². The van der Waals surface area contributed by atoms with Crippen LogP contribution in [0.5, 0.6) is 5.75 Å². The Bertz CT molecular complexity index is 589. The van der Waals surface area contributed by atoms with Crippen LogP contribution in [0.1, 0.15) is 25.3 Å². The molecule has 0 bridgehead atoms. The van der Waals surface area contributed by atoms with Gasteiger partial charge in [-0.25, -0.2) is 0 Å². The Morgan fingerprint density at radius 1 is 1.30 bits per heavy atom. The fourth-order valence-electron chi connectivity index (χ4n) is 3.18. The van der Waals surface area contributed by atoms with Gasteiger partial charge in [-0.1, -0.05) is 17.7 Å². The summed E-state index contributed by atoms with van der Waals surface area (Å²) in [5.41, 5.74) is 1.09. The summed E-state index contributed by atoms with van der Waals surface area (Å²) in [5, 5.41) is 7.66. The highest BCUT2D eigenvalue weighted by Crippen LogP contribution is 2.22. The molecule has 0 aliphatic carbocycles. The molecule has 0 spiro atoms. The normalized spacial score (nSPS) is 16.4. The second-order valence-electron chi connectivity index (χ2n) is 6.72. The fraction of sp³-hybridized carbons (Fsp3) is 0.650. The van der Waals surface area contributed by atoms with Gasteiger partial charge < -0.3 is 25.0 Å². The van der Waals surface area contributed by atoms with Crippen molar-refractivity contribution < 1.29 is 9.47 Å². The van der Waals surface area contributed by atoms with Crippen molar-refractivity contribution in [2.24, 2.45) is 4.99 Å². The lowest BCUT2D eigenvalue weighted by atomic mass is 10.1. The minimum Gasteiger partial charge on any atom is -0.497 e. The molecule has 0 saturated carbocycles. The van der Waals surface area contributed by atoms with Gasteiger partial charge in [0.05, 0.1) is 13.7 Å². The lowest BCUT2D eigenvalue weighted by Crippen LogP contribution is -2.49. The van der Waals surface area contributed by atoms with Gasteiger partial charge in [0.2, 0.25) is 0 Å². The Kier molecular flexibility index (Phi) is 9.73. The quantitative estimate of drug-likeness (QED) is 0.496. The highest BCUT2D eigenvalue weighted by atomic mass is 35.5. The van der Waals surface area contributed by atoms with E-state index in [-0.39, 0.29) is 0 Å². The molecule has 0 unspecified atom stereocenters. The molecule has 2 rings (SSSR count). The number of aliphatic imine (C=N–C) groups is 1. The summed E-state index contributed by atoms with van der Waals surface area (Å²) in [6.45, 7) is 7.64. The summed E-state index contributed by atoms with van der Waals surface area (Å²) in [6.07, 6.45) is 3.05. The molecule has 1 saturated heterocycles. The summed E-state index contributed by atoms with van der Waals surface area (Å²) in [5.74, 6) is 1.66. The Balaban J connectivity index is 1.82. The van der Waals surface area contributed by atoms with Crippen LogP contribution in [-0.2, 0) is 11.2 Å². The zero-order chi connectivity index (χ0) is 19.5. The van der Waals surface area contributed by atoms with Crippen molar-refractivity contribution in [3.05, 3.63) is 28.8 Å². The van der Waals surface area contributed by atoms with Crippen LogP contribution in [0, 0.1) is 0 Å². The topological polar surface area (TPSA) is 58.1 Å². The lowest BCUT2D eigenvalue weighted by Gasteiger charge is -2.32. The molecular formula is C20H33ClN4O2. The standard InChI is InChI=1S/C20H33ClN4O2/c1-4-22-20(24-17-8-11-25(12-9-17)13-14-26-2)23-10-7-16-5-6-18(27-3)15-19(16)21/h5-6,15,17H,4,7-14H2,1-3H3,(H2,22,23,24). The molecule has 1 aliphatic heterocycles. The Morgan fingerprint density at radius 3 is 2.70 bits per heavy atom. The van der Waals surface area contributed by atoms with Crippen molar-refractivity contribution in [1.82, 2.24) is 15.5 Å². The maximum Gasteiger partial charge on any atom is 0.191 e. The van der Waals surface area contributed by atoms with Crippen molar-refractivity contribution in [1.29, 1.82) is 0 Å². The summed E-state index contributed by atoms with van der Waals surface area (Å²) < 4.78 is 10.4. The second-order valence-corrected chi connectivity index (χ2v) is 7.13. The van der Waals surface area contributed by atoms with Crippen LogP contribution in [0.4, 0.5) is 0 Å². The molecule has 6 nitrogen and oxygen atoms in total. The molecule has 0 radical (unpaired) electrons. The summed E-state index contributed by atoms with van der Waals surface area (Å²) in [4.78, 5) is 7.18. The van der Waals surface area contributed by atoms with Crippen LogP contribution in [0.15, 0.2) is 23.2 Å². The number of nitrogens with one attached hydrogen (secondary N) is 2. The van der Waals surface area contributed by atoms with Crippen molar-refractivity contribution in [2.45, 2.75) is 32.2 Å². The fourth-order valence-corrected chi connectivity index (χ4v) is 3.45. The smallest absolute Gasteiger partial charge is 0.191 e. The van der Waals surface area contributed by atoms with Crippen LogP contribution >= 0.6 is 11.6 Å². The van der Waals surface area contributed by atoms with Gasteiger partial charge in [-0.15, -0.1) is 0 Å². The maximum atomic E-state index is 6.32. The minimum atomic E-state index is 0.464. The summed E-state index contributed by atoms with van der Waals surface area (Å²) >= 11 is 6.32. The van der Waals surface area contributed by atoms with Gasteiger partial charge in [-0.2, -0.15) is 0 Å². The first-order chi connectivity index (χ1) is 13.2.